The van der Waals surface area contributed by atoms with Crippen molar-refractivity contribution in [3.63, 3.8) is 0 Å². The van der Waals surface area contributed by atoms with Gasteiger partial charge in [-0.15, -0.1) is 0 Å². The standard InChI is InChI=1S/C20H28N2O6/c1-8-15(9-13(2)24-3)18(27-6)20(23)22-21-12-14-10-16(25-4)19(28-7)17(11-14)26-5/h9-12H,8H2,1-7H3,(H,22,23)/b13-9+,18-15+,21-12-. The summed E-state index contributed by atoms with van der Waals surface area (Å²) in [6.45, 7) is 3.71. The molecule has 8 heteroatoms. The first-order valence-electron chi connectivity index (χ1n) is 8.58. The van der Waals surface area contributed by atoms with E-state index in [1.54, 1.807) is 32.2 Å². The molecule has 1 aromatic carbocycles. The third-order valence-electron chi connectivity index (χ3n) is 3.85. The molecule has 8 nitrogen and oxygen atoms in total. The van der Waals surface area contributed by atoms with E-state index in [0.717, 1.165) is 0 Å². The number of methoxy groups -OCH3 is 5. The molecule has 0 heterocycles. The molecule has 0 bridgehead atoms. The lowest BCUT2D eigenvalue weighted by molar-refractivity contribution is -0.120. The summed E-state index contributed by atoms with van der Waals surface area (Å²) in [5.74, 6) is 1.81. The topological polar surface area (TPSA) is 87.6 Å². The number of amides is 1. The van der Waals surface area contributed by atoms with Crippen LogP contribution in [0.3, 0.4) is 0 Å². The molecule has 0 saturated carbocycles. The minimum atomic E-state index is -0.469. The van der Waals surface area contributed by atoms with E-state index in [-0.39, 0.29) is 5.76 Å². The molecule has 0 atom stereocenters. The molecule has 0 aliphatic heterocycles. The lowest BCUT2D eigenvalue weighted by Crippen LogP contribution is -2.22. The van der Waals surface area contributed by atoms with Gasteiger partial charge in [0.1, 0.15) is 0 Å². The van der Waals surface area contributed by atoms with Crippen molar-refractivity contribution in [2.45, 2.75) is 20.3 Å². The molecular weight excluding hydrogens is 364 g/mol. The highest BCUT2D eigenvalue weighted by atomic mass is 16.5. The number of hydrogen-bond acceptors (Lipinski definition) is 7. The number of carbonyl (C=O) groups is 1. The molecule has 1 rings (SSSR count). The van der Waals surface area contributed by atoms with Gasteiger partial charge in [-0.25, -0.2) is 5.43 Å². The summed E-state index contributed by atoms with van der Waals surface area (Å²) in [5.41, 5.74) is 3.81. The number of rotatable bonds is 10. The van der Waals surface area contributed by atoms with Crippen LogP contribution < -0.4 is 19.6 Å². The van der Waals surface area contributed by atoms with Crippen molar-refractivity contribution >= 4 is 12.1 Å². The number of hydrazone groups is 1. The van der Waals surface area contributed by atoms with Crippen LogP contribution in [-0.2, 0) is 14.3 Å². The minimum absolute atomic E-state index is 0.168. The average molecular weight is 392 g/mol. The van der Waals surface area contributed by atoms with E-state index in [1.165, 1.54) is 34.7 Å². The van der Waals surface area contributed by atoms with Crippen LogP contribution in [-0.4, -0.2) is 47.7 Å². The van der Waals surface area contributed by atoms with E-state index in [9.17, 15) is 4.79 Å². The summed E-state index contributed by atoms with van der Waals surface area (Å²) in [5, 5.41) is 3.99. The average Bonchev–Trinajstić information content (AvgIpc) is 2.72. The van der Waals surface area contributed by atoms with E-state index in [2.05, 4.69) is 10.5 Å². The van der Waals surface area contributed by atoms with Gasteiger partial charge in [0.15, 0.2) is 17.3 Å². The third kappa shape index (κ3) is 5.94. The van der Waals surface area contributed by atoms with Crippen molar-refractivity contribution in [1.29, 1.82) is 0 Å². The number of benzene rings is 1. The summed E-state index contributed by atoms with van der Waals surface area (Å²) in [4.78, 5) is 12.4. The molecule has 0 spiro atoms. The first-order chi connectivity index (χ1) is 13.4. The van der Waals surface area contributed by atoms with Gasteiger partial charge in [0, 0.05) is 11.1 Å². The lowest BCUT2D eigenvalue weighted by atomic mass is 10.1. The summed E-state index contributed by atoms with van der Waals surface area (Å²) < 4.78 is 26.3. The molecule has 1 amide bonds. The Morgan fingerprint density at radius 1 is 1.04 bits per heavy atom. The SMILES string of the molecule is CCC(/C=C(\C)OC)=C(\OC)C(=O)N/N=C\c1cc(OC)c(OC)c(OC)c1. The molecule has 154 valence electrons. The number of ether oxygens (including phenoxy) is 5. The Morgan fingerprint density at radius 2 is 1.64 bits per heavy atom. The molecule has 0 aliphatic carbocycles. The second-order valence-electron chi connectivity index (χ2n) is 5.53. The van der Waals surface area contributed by atoms with Crippen molar-refractivity contribution in [1.82, 2.24) is 5.43 Å². The van der Waals surface area contributed by atoms with E-state index < -0.39 is 5.91 Å². The smallest absolute Gasteiger partial charge is 0.306 e. The van der Waals surface area contributed by atoms with Crippen LogP contribution in [0.15, 0.2) is 40.4 Å². The minimum Gasteiger partial charge on any atom is -0.501 e. The number of nitrogens with one attached hydrogen (secondary N) is 1. The first-order valence-corrected chi connectivity index (χ1v) is 8.58. The maximum absolute atomic E-state index is 12.4. The monoisotopic (exact) mass is 392 g/mol. The molecule has 0 aliphatic rings. The molecule has 0 aromatic heterocycles. The number of allylic oxidation sites excluding steroid dienone is 3. The van der Waals surface area contributed by atoms with Crippen molar-refractivity contribution in [3.8, 4) is 17.2 Å². The Labute approximate surface area is 165 Å². The number of nitrogens with zero attached hydrogens (tertiary/aromatic N) is 1. The Bertz CT molecular complexity index is 743. The zero-order valence-corrected chi connectivity index (χ0v) is 17.4. The summed E-state index contributed by atoms with van der Waals surface area (Å²) in [6, 6.07) is 3.43. The number of carbonyl (C=O) groups excluding carboxylic acids is 1. The van der Waals surface area contributed by atoms with Gasteiger partial charge >= 0.3 is 5.91 Å². The van der Waals surface area contributed by atoms with Gasteiger partial charge in [-0.05, 0) is 31.6 Å². The Hall–Kier alpha value is -3.16. The highest BCUT2D eigenvalue weighted by Gasteiger charge is 2.15. The summed E-state index contributed by atoms with van der Waals surface area (Å²) >= 11 is 0. The Kier molecular flexibility index (Phi) is 9.42. The lowest BCUT2D eigenvalue weighted by Gasteiger charge is -2.12. The highest BCUT2D eigenvalue weighted by molar-refractivity contribution is 5.93. The van der Waals surface area contributed by atoms with E-state index in [0.29, 0.717) is 40.6 Å². The van der Waals surface area contributed by atoms with Crippen LogP contribution in [0, 0.1) is 0 Å². The molecule has 28 heavy (non-hydrogen) atoms. The molecule has 0 radical (unpaired) electrons. The van der Waals surface area contributed by atoms with Gasteiger partial charge in [-0.1, -0.05) is 6.92 Å². The van der Waals surface area contributed by atoms with Gasteiger partial charge in [-0.2, -0.15) is 5.10 Å². The van der Waals surface area contributed by atoms with Crippen molar-refractivity contribution in [2.24, 2.45) is 5.10 Å². The molecule has 0 fully saturated rings. The quantitative estimate of drug-likeness (QED) is 0.217. The van der Waals surface area contributed by atoms with Crippen molar-refractivity contribution in [2.75, 3.05) is 35.5 Å². The molecular formula is C20H28N2O6. The molecule has 1 N–H and O–H groups in total. The van der Waals surface area contributed by atoms with Gasteiger partial charge in [0.2, 0.25) is 5.75 Å². The maximum atomic E-state index is 12.4. The van der Waals surface area contributed by atoms with E-state index in [4.69, 9.17) is 23.7 Å². The summed E-state index contributed by atoms with van der Waals surface area (Å²) in [6.07, 6.45) is 3.81. The van der Waals surface area contributed by atoms with E-state index >= 15 is 0 Å². The Balaban J connectivity index is 3.07. The summed E-state index contributed by atoms with van der Waals surface area (Å²) in [7, 11) is 7.57. The molecule has 1 aromatic rings. The van der Waals surface area contributed by atoms with Gasteiger partial charge in [0.05, 0.1) is 47.5 Å². The predicted octanol–water partition coefficient (Wildman–Crippen LogP) is 3.02. The van der Waals surface area contributed by atoms with Crippen LogP contribution in [0.5, 0.6) is 17.2 Å². The number of hydrogen-bond donors (Lipinski definition) is 1. The van der Waals surface area contributed by atoms with Crippen LogP contribution in [0.25, 0.3) is 0 Å². The van der Waals surface area contributed by atoms with Crippen LogP contribution >= 0.6 is 0 Å². The second kappa shape index (κ2) is 11.5. The van der Waals surface area contributed by atoms with Crippen LogP contribution in [0.4, 0.5) is 0 Å². The first kappa shape index (κ1) is 22.9. The second-order valence-corrected chi connectivity index (χ2v) is 5.53. The zero-order valence-electron chi connectivity index (χ0n) is 17.4. The fourth-order valence-electron chi connectivity index (χ4n) is 2.39. The van der Waals surface area contributed by atoms with Crippen LogP contribution in [0.1, 0.15) is 25.8 Å². The van der Waals surface area contributed by atoms with Crippen LogP contribution in [0.2, 0.25) is 0 Å². The van der Waals surface area contributed by atoms with E-state index in [1.807, 2.05) is 6.92 Å². The third-order valence-corrected chi connectivity index (χ3v) is 3.85. The van der Waals surface area contributed by atoms with Crippen molar-refractivity contribution in [3.05, 3.63) is 40.9 Å². The van der Waals surface area contributed by atoms with Crippen molar-refractivity contribution < 1.29 is 28.5 Å². The van der Waals surface area contributed by atoms with Gasteiger partial charge in [-0.3, -0.25) is 4.79 Å². The maximum Gasteiger partial charge on any atom is 0.306 e. The fraction of sp³-hybridized carbons (Fsp3) is 0.400. The van der Waals surface area contributed by atoms with Gasteiger partial charge in [0.25, 0.3) is 0 Å². The predicted molar refractivity (Wildman–Crippen MR) is 107 cm³/mol. The molecule has 0 saturated heterocycles. The van der Waals surface area contributed by atoms with Gasteiger partial charge < -0.3 is 23.7 Å². The fourth-order valence-corrected chi connectivity index (χ4v) is 2.39. The normalized spacial score (nSPS) is 12.3. The molecule has 0 unspecified atom stereocenters. The highest BCUT2D eigenvalue weighted by Crippen LogP contribution is 2.37. The Morgan fingerprint density at radius 3 is 2.07 bits per heavy atom. The zero-order chi connectivity index (χ0) is 21.1. The largest absolute Gasteiger partial charge is 0.501 e.